The van der Waals surface area contributed by atoms with Crippen molar-refractivity contribution in [3.63, 3.8) is 0 Å². The van der Waals surface area contributed by atoms with Crippen molar-refractivity contribution in [3.8, 4) is 0 Å². The Labute approximate surface area is 124 Å². The van der Waals surface area contributed by atoms with E-state index in [-0.39, 0.29) is 5.69 Å². The lowest BCUT2D eigenvalue weighted by Crippen LogP contribution is -2.32. The summed E-state index contributed by atoms with van der Waals surface area (Å²) < 4.78 is 25.8. The normalized spacial score (nSPS) is 17.3. The van der Waals surface area contributed by atoms with E-state index in [1.165, 1.54) is 12.6 Å². The van der Waals surface area contributed by atoms with Gasteiger partial charge in [0.1, 0.15) is 5.82 Å². The first-order valence-electron chi connectivity index (χ1n) is 6.85. The summed E-state index contributed by atoms with van der Waals surface area (Å²) in [6, 6.07) is 3.34. The summed E-state index contributed by atoms with van der Waals surface area (Å²) in [5.74, 6) is -0.579. The molecule has 1 unspecified atom stereocenters. The molecule has 2 rings (SSSR count). The van der Waals surface area contributed by atoms with Crippen LogP contribution in [0.15, 0.2) is 18.3 Å². The Hall–Kier alpha value is -1.83. The van der Waals surface area contributed by atoms with Gasteiger partial charge in [-0.15, -0.1) is 0 Å². The molecule has 21 heavy (non-hydrogen) atoms. The minimum Gasteiger partial charge on any atom is -0.480 e. The molecule has 2 heterocycles. The van der Waals surface area contributed by atoms with E-state index in [1.54, 1.807) is 12.1 Å². The number of aromatic nitrogens is 1. The molecule has 0 aromatic carbocycles. The van der Waals surface area contributed by atoms with Crippen LogP contribution in [0.3, 0.4) is 0 Å². The van der Waals surface area contributed by atoms with Gasteiger partial charge in [0.25, 0.3) is 0 Å². The highest BCUT2D eigenvalue weighted by molar-refractivity contribution is 7.94. The Balaban J connectivity index is 2.07. The molecule has 0 radical (unpaired) electrons. The van der Waals surface area contributed by atoms with Crippen LogP contribution in [0.4, 0.5) is 11.5 Å². The SMILES string of the molecule is CC(C(=O)O)S(=O)(=O)Nc1ccc(N2CCCCC2)nc1. The van der Waals surface area contributed by atoms with Crippen LogP contribution in [-0.4, -0.2) is 42.8 Å². The van der Waals surface area contributed by atoms with Gasteiger partial charge in [-0.25, -0.2) is 13.4 Å². The van der Waals surface area contributed by atoms with Crippen LogP contribution < -0.4 is 9.62 Å². The van der Waals surface area contributed by atoms with Gasteiger partial charge in [0.15, 0.2) is 5.25 Å². The zero-order chi connectivity index (χ0) is 15.5. The molecule has 0 saturated carbocycles. The zero-order valence-corrected chi connectivity index (χ0v) is 12.6. The molecule has 2 N–H and O–H groups in total. The van der Waals surface area contributed by atoms with Crippen molar-refractivity contribution in [2.75, 3.05) is 22.7 Å². The second kappa shape index (κ2) is 6.30. The predicted octanol–water partition coefficient (Wildman–Crippen LogP) is 1.29. The number of hydrogen-bond donors (Lipinski definition) is 2. The predicted molar refractivity (Wildman–Crippen MR) is 79.9 cm³/mol. The van der Waals surface area contributed by atoms with Crippen LogP contribution in [0.2, 0.25) is 0 Å². The number of sulfonamides is 1. The Bertz CT molecular complexity index is 594. The molecule has 1 aromatic heterocycles. The van der Waals surface area contributed by atoms with Crippen molar-refractivity contribution in [1.29, 1.82) is 0 Å². The van der Waals surface area contributed by atoms with Gasteiger partial charge in [-0.05, 0) is 38.3 Å². The Morgan fingerprint density at radius 2 is 2.00 bits per heavy atom. The molecule has 1 aromatic rings. The summed E-state index contributed by atoms with van der Waals surface area (Å²) in [7, 11) is -3.95. The highest BCUT2D eigenvalue weighted by atomic mass is 32.2. The number of hydrogen-bond acceptors (Lipinski definition) is 5. The number of carboxylic acid groups (broad SMARTS) is 1. The maximum Gasteiger partial charge on any atom is 0.323 e. The van der Waals surface area contributed by atoms with Crippen molar-refractivity contribution >= 4 is 27.5 Å². The lowest BCUT2D eigenvalue weighted by Gasteiger charge is -2.27. The molecule has 1 aliphatic heterocycles. The minimum atomic E-state index is -3.95. The topological polar surface area (TPSA) is 99.6 Å². The maximum absolute atomic E-state index is 11.8. The van der Waals surface area contributed by atoms with E-state index in [0.717, 1.165) is 38.7 Å². The van der Waals surface area contributed by atoms with Crippen molar-refractivity contribution in [3.05, 3.63) is 18.3 Å². The van der Waals surface area contributed by atoms with E-state index in [4.69, 9.17) is 5.11 Å². The number of piperidine rings is 1. The second-order valence-electron chi connectivity index (χ2n) is 5.08. The van der Waals surface area contributed by atoms with E-state index >= 15 is 0 Å². The number of nitrogens with one attached hydrogen (secondary N) is 1. The van der Waals surface area contributed by atoms with Gasteiger partial charge in [-0.1, -0.05) is 0 Å². The van der Waals surface area contributed by atoms with E-state index in [0.29, 0.717) is 0 Å². The van der Waals surface area contributed by atoms with E-state index in [2.05, 4.69) is 14.6 Å². The Morgan fingerprint density at radius 3 is 2.52 bits per heavy atom. The fourth-order valence-corrected chi connectivity index (χ4v) is 3.03. The number of rotatable bonds is 5. The highest BCUT2D eigenvalue weighted by Gasteiger charge is 2.27. The summed E-state index contributed by atoms with van der Waals surface area (Å²) in [4.78, 5) is 17.2. The number of pyridine rings is 1. The van der Waals surface area contributed by atoms with Crippen molar-refractivity contribution in [1.82, 2.24) is 4.98 Å². The molecular weight excluding hydrogens is 294 g/mol. The molecule has 0 aliphatic carbocycles. The lowest BCUT2D eigenvalue weighted by molar-refractivity contribution is -0.136. The van der Waals surface area contributed by atoms with Crippen molar-refractivity contribution in [2.45, 2.75) is 31.4 Å². The van der Waals surface area contributed by atoms with Crippen molar-refractivity contribution < 1.29 is 18.3 Å². The number of carbonyl (C=O) groups is 1. The average Bonchev–Trinajstić information content (AvgIpc) is 2.47. The molecule has 1 atom stereocenters. The number of aliphatic carboxylic acids is 1. The lowest BCUT2D eigenvalue weighted by atomic mass is 10.1. The average molecular weight is 313 g/mol. The number of anilines is 2. The van der Waals surface area contributed by atoms with E-state index in [1.807, 2.05) is 0 Å². The molecule has 116 valence electrons. The number of nitrogens with zero attached hydrogens (tertiary/aromatic N) is 2. The quantitative estimate of drug-likeness (QED) is 0.849. The number of carboxylic acids is 1. The van der Waals surface area contributed by atoms with Crippen LogP contribution in [0.25, 0.3) is 0 Å². The maximum atomic E-state index is 11.8. The van der Waals surface area contributed by atoms with Crippen molar-refractivity contribution in [2.24, 2.45) is 0 Å². The third kappa shape index (κ3) is 3.84. The van der Waals surface area contributed by atoms with Crippen LogP contribution in [0, 0.1) is 0 Å². The third-order valence-corrected chi connectivity index (χ3v) is 5.15. The van der Waals surface area contributed by atoms with Gasteiger partial charge in [-0.3, -0.25) is 9.52 Å². The summed E-state index contributed by atoms with van der Waals surface area (Å²) in [6.07, 6.45) is 4.90. The first-order chi connectivity index (χ1) is 9.90. The highest BCUT2D eigenvalue weighted by Crippen LogP contribution is 2.19. The monoisotopic (exact) mass is 313 g/mol. The Morgan fingerprint density at radius 1 is 1.33 bits per heavy atom. The van der Waals surface area contributed by atoms with Gasteiger partial charge < -0.3 is 10.0 Å². The summed E-state index contributed by atoms with van der Waals surface area (Å²) >= 11 is 0. The standard InChI is InChI=1S/C13H19N3O4S/c1-10(13(17)18)21(19,20)15-11-5-6-12(14-9-11)16-7-3-2-4-8-16/h5-6,9-10,15H,2-4,7-8H2,1H3,(H,17,18). The second-order valence-corrected chi connectivity index (χ2v) is 7.08. The van der Waals surface area contributed by atoms with Gasteiger partial charge in [0.05, 0.1) is 11.9 Å². The molecular formula is C13H19N3O4S. The smallest absolute Gasteiger partial charge is 0.323 e. The third-order valence-electron chi connectivity index (χ3n) is 3.50. The summed E-state index contributed by atoms with van der Waals surface area (Å²) in [5, 5.41) is 7.25. The van der Waals surface area contributed by atoms with E-state index < -0.39 is 21.2 Å². The van der Waals surface area contributed by atoms with Gasteiger partial charge in [0, 0.05) is 13.1 Å². The van der Waals surface area contributed by atoms with Gasteiger partial charge in [0.2, 0.25) is 10.0 Å². The van der Waals surface area contributed by atoms with Crippen LogP contribution >= 0.6 is 0 Å². The summed E-state index contributed by atoms with van der Waals surface area (Å²) in [5.41, 5.74) is 0.267. The fraction of sp³-hybridized carbons (Fsp3) is 0.538. The molecule has 0 spiro atoms. The van der Waals surface area contributed by atoms with Crippen LogP contribution in [-0.2, 0) is 14.8 Å². The van der Waals surface area contributed by atoms with E-state index in [9.17, 15) is 13.2 Å². The first-order valence-corrected chi connectivity index (χ1v) is 8.40. The summed E-state index contributed by atoms with van der Waals surface area (Å²) in [6.45, 7) is 3.03. The van der Waals surface area contributed by atoms with Gasteiger partial charge in [-0.2, -0.15) is 0 Å². The van der Waals surface area contributed by atoms with Crippen LogP contribution in [0.1, 0.15) is 26.2 Å². The molecule has 1 fully saturated rings. The molecule has 8 heteroatoms. The zero-order valence-electron chi connectivity index (χ0n) is 11.8. The first kappa shape index (κ1) is 15.6. The van der Waals surface area contributed by atoms with Gasteiger partial charge >= 0.3 is 5.97 Å². The Kier molecular flexibility index (Phi) is 4.66. The minimum absolute atomic E-state index is 0.267. The molecule has 7 nitrogen and oxygen atoms in total. The molecule has 1 saturated heterocycles. The fourth-order valence-electron chi connectivity index (χ4n) is 2.14. The van der Waals surface area contributed by atoms with Crippen LogP contribution in [0.5, 0.6) is 0 Å². The molecule has 0 bridgehead atoms. The molecule has 1 aliphatic rings. The molecule has 0 amide bonds. The largest absolute Gasteiger partial charge is 0.480 e.